The van der Waals surface area contributed by atoms with Gasteiger partial charge in [0.1, 0.15) is 0 Å². The van der Waals surface area contributed by atoms with Crippen LogP contribution >= 0.6 is 0 Å². The zero-order chi connectivity index (χ0) is 18.8. The van der Waals surface area contributed by atoms with Gasteiger partial charge in [-0.1, -0.05) is 25.4 Å². The lowest BCUT2D eigenvalue weighted by atomic mass is 9.44. The maximum atomic E-state index is 13.2. The van der Waals surface area contributed by atoms with Crippen LogP contribution in [0.3, 0.4) is 0 Å². The Hall–Kier alpha value is -1.23. The van der Waals surface area contributed by atoms with Crippen LogP contribution in [-0.2, 0) is 14.4 Å². The van der Waals surface area contributed by atoms with E-state index in [9.17, 15) is 9.59 Å². The molecule has 1 heterocycles. The summed E-state index contributed by atoms with van der Waals surface area (Å²) in [5.41, 5.74) is 1.22. The molecule has 4 aliphatic carbocycles. The average Bonchev–Trinajstić information content (AvgIpc) is 3.00. The summed E-state index contributed by atoms with van der Waals surface area (Å²) in [7, 11) is 0. The van der Waals surface area contributed by atoms with Crippen molar-refractivity contribution in [1.29, 1.82) is 0 Å². The number of hydrogen-bond acceptors (Lipinski definition) is 5. The van der Waals surface area contributed by atoms with E-state index in [0.29, 0.717) is 18.3 Å². The van der Waals surface area contributed by atoms with Crippen LogP contribution in [0.2, 0.25) is 0 Å². The van der Waals surface area contributed by atoms with Gasteiger partial charge >= 0.3 is 0 Å². The number of oxime groups is 1. The number of nitrogens with zero attached hydrogens (tertiary/aromatic N) is 1. The number of carbonyl (C=O) groups excluding carboxylic acids is 2. The maximum Gasteiger partial charge on any atom is 0.202 e. The molecule has 6 atom stereocenters. The average molecular weight is 373 g/mol. The van der Waals surface area contributed by atoms with Crippen LogP contribution in [0.5, 0.6) is 0 Å². The second kappa shape index (κ2) is 6.13. The number of Topliss-reactive ketones (excluding diaryl/α,β-unsaturated/α-hetero) is 2. The van der Waals surface area contributed by atoms with Crippen LogP contribution in [0.25, 0.3) is 0 Å². The molecule has 5 fully saturated rings. The van der Waals surface area contributed by atoms with E-state index < -0.39 is 0 Å². The molecule has 5 nitrogen and oxygen atoms in total. The van der Waals surface area contributed by atoms with Gasteiger partial charge in [-0.15, -0.1) is 0 Å². The first-order valence-electron chi connectivity index (χ1n) is 10.9. The monoisotopic (exact) mass is 372 g/mol. The van der Waals surface area contributed by atoms with Gasteiger partial charge in [-0.05, 0) is 67.6 Å². The van der Waals surface area contributed by atoms with E-state index in [-0.39, 0.29) is 40.3 Å². The Morgan fingerprint density at radius 3 is 2.59 bits per heavy atom. The van der Waals surface area contributed by atoms with Gasteiger partial charge in [0.15, 0.2) is 6.10 Å². The molecule has 0 amide bonds. The zero-order valence-electron chi connectivity index (χ0n) is 16.6. The van der Waals surface area contributed by atoms with Gasteiger partial charge in [-0.25, -0.2) is 0 Å². The molecule has 0 bridgehead atoms. The molecule has 0 radical (unpaired) electrons. The van der Waals surface area contributed by atoms with Gasteiger partial charge in [0.25, 0.3) is 0 Å². The topological polar surface area (TPSA) is 67.8 Å². The molecule has 5 rings (SSSR count). The molecule has 0 aromatic carbocycles. The lowest BCUT2D eigenvalue weighted by Crippen LogP contribution is -2.60. The summed E-state index contributed by atoms with van der Waals surface area (Å²) in [6.45, 7) is 6.36. The molecule has 5 aliphatic rings. The SMILES string of the molecule is C[C@@]12CCC[C@H]1[C@@H]1C(=O)C(=O)C3C/C(=N/OC4CNC4)CC[C@]3(C)[C@H]1CC2. The third-order valence-corrected chi connectivity index (χ3v) is 9.02. The van der Waals surface area contributed by atoms with Crippen LogP contribution in [0.15, 0.2) is 5.16 Å². The molecule has 4 saturated carbocycles. The normalized spacial score (nSPS) is 48.6. The Morgan fingerprint density at radius 1 is 1.04 bits per heavy atom. The minimum atomic E-state index is -0.187. The molecule has 1 N–H and O–H groups in total. The van der Waals surface area contributed by atoms with Gasteiger partial charge in [-0.2, -0.15) is 0 Å². The van der Waals surface area contributed by atoms with Crippen molar-refractivity contribution >= 4 is 17.3 Å². The second-order valence-electron chi connectivity index (χ2n) is 10.4. The third-order valence-electron chi connectivity index (χ3n) is 9.02. The van der Waals surface area contributed by atoms with E-state index in [0.717, 1.165) is 44.5 Å². The van der Waals surface area contributed by atoms with Crippen LogP contribution < -0.4 is 5.32 Å². The van der Waals surface area contributed by atoms with Crippen molar-refractivity contribution in [3.63, 3.8) is 0 Å². The van der Waals surface area contributed by atoms with Crippen LogP contribution in [0.4, 0.5) is 0 Å². The Morgan fingerprint density at radius 2 is 1.85 bits per heavy atom. The van der Waals surface area contributed by atoms with Crippen molar-refractivity contribution < 1.29 is 14.4 Å². The maximum absolute atomic E-state index is 13.2. The summed E-state index contributed by atoms with van der Waals surface area (Å²) < 4.78 is 0. The van der Waals surface area contributed by atoms with Crippen LogP contribution in [-0.4, -0.2) is 36.5 Å². The Kier molecular flexibility index (Phi) is 4.05. The van der Waals surface area contributed by atoms with E-state index in [1.807, 2.05) is 0 Å². The molecular formula is C22H32N2O3. The number of hydrogen-bond donors (Lipinski definition) is 1. The number of rotatable bonds is 2. The molecule has 0 aromatic heterocycles. The van der Waals surface area contributed by atoms with Crippen molar-refractivity contribution in [2.45, 2.75) is 71.3 Å². The zero-order valence-corrected chi connectivity index (χ0v) is 16.6. The molecule has 1 saturated heterocycles. The summed E-state index contributed by atoms with van der Waals surface area (Å²) in [6.07, 6.45) is 8.56. The summed E-state index contributed by atoms with van der Waals surface area (Å²) >= 11 is 0. The minimum absolute atomic E-state index is 0.0178. The van der Waals surface area contributed by atoms with Crippen LogP contribution in [0, 0.1) is 34.5 Å². The highest BCUT2D eigenvalue weighted by Crippen LogP contribution is 2.64. The quantitative estimate of drug-likeness (QED) is 0.597. The smallest absolute Gasteiger partial charge is 0.202 e. The van der Waals surface area contributed by atoms with E-state index in [4.69, 9.17) is 4.84 Å². The molecule has 0 aromatic rings. The summed E-state index contributed by atoms with van der Waals surface area (Å²) in [5.74, 6) is 0.443. The first-order chi connectivity index (χ1) is 12.9. The van der Waals surface area contributed by atoms with Gasteiger partial charge in [0.2, 0.25) is 11.6 Å². The second-order valence-corrected chi connectivity index (χ2v) is 10.4. The third kappa shape index (κ3) is 2.56. The molecule has 1 aliphatic heterocycles. The fourth-order valence-electron chi connectivity index (χ4n) is 7.13. The van der Waals surface area contributed by atoms with Crippen molar-refractivity contribution in [2.24, 2.45) is 39.7 Å². The molecular weight excluding hydrogens is 340 g/mol. The highest BCUT2D eigenvalue weighted by molar-refractivity contribution is 6.40. The highest BCUT2D eigenvalue weighted by Gasteiger charge is 2.63. The minimum Gasteiger partial charge on any atom is -0.390 e. The molecule has 5 heteroatoms. The number of carbonyl (C=O) groups is 2. The summed E-state index contributed by atoms with van der Waals surface area (Å²) in [4.78, 5) is 32.0. The first kappa shape index (κ1) is 17.8. The molecule has 0 spiro atoms. The lowest BCUT2D eigenvalue weighted by molar-refractivity contribution is -0.164. The van der Waals surface area contributed by atoms with E-state index in [1.165, 1.54) is 19.3 Å². The van der Waals surface area contributed by atoms with Gasteiger partial charge in [-0.3, -0.25) is 9.59 Å². The molecule has 27 heavy (non-hydrogen) atoms. The van der Waals surface area contributed by atoms with Crippen molar-refractivity contribution in [2.75, 3.05) is 13.1 Å². The number of fused-ring (bicyclic) bond motifs is 5. The molecule has 1 unspecified atom stereocenters. The number of ketones is 2. The van der Waals surface area contributed by atoms with Crippen LogP contribution in [0.1, 0.15) is 65.2 Å². The van der Waals surface area contributed by atoms with E-state index >= 15 is 0 Å². The van der Waals surface area contributed by atoms with Gasteiger partial charge in [0, 0.05) is 24.9 Å². The van der Waals surface area contributed by atoms with Gasteiger partial charge < -0.3 is 10.2 Å². The predicted molar refractivity (Wildman–Crippen MR) is 102 cm³/mol. The van der Waals surface area contributed by atoms with Crippen molar-refractivity contribution in [3.8, 4) is 0 Å². The van der Waals surface area contributed by atoms with Crippen molar-refractivity contribution in [1.82, 2.24) is 5.32 Å². The largest absolute Gasteiger partial charge is 0.390 e. The standard InChI is InChI=1S/C22H32N2O3/c1-21-7-3-4-15(21)18-16(6-8-21)22(2)9-5-13(24-27-14-11-23-12-14)10-17(22)19(25)20(18)26/h14-18,23H,3-12H2,1-2H3/b24-13+/t15-,16-,17?,18-,21-,22+/m0/s1. The van der Waals surface area contributed by atoms with Crippen molar-refractivity contribution in [3.05, 3.63) is 0 Å². The summed E-state index contributed by atoms with van der Waals surface area (Å²) in [5, 5.41) is 7.54. The predicted octanol–water partition coefficient (Wildman–Crippen LogP) is 3.12. The summed E-state index contributed by atoms with van der Waals surface area (Å²) in [6, 6.07) is 0. The van der Waals surface area contributed by atoms with Gasteiger partial charge in [0.05, 0.1) is 5.71 Å². The Balaban J connectivity index is 1.41. The molecule has 148 valence electrons. The Bertz CT molecular complexity index is 700. The lowest BCUT2D eigenvalue weighted by Gasteiger charge is -2.58. The van der Waals surface area contributed by atoms with E-state index in [2.05, 4.69) is 24.3 Å². The fraction of sp³-hybridized carbons (Fsp3) is 0.864. The fourth-order valence-corrected chi connectivity index (χ4v) is 7.13. The Labute approximate surface area is 161 Å². The first-order valence-corrected chi connectivity index (χ1v) is 10.9. The number of nitrogens with one attached hydrogen (secondary N) is 1. The van der Waals surface area contributed by atoms with E-state index in [1.54, 1.807) is 0 Å². The highest BCUT2D eigenvalue weighted by atomic mass is 16.6.